The molecule has 0 aliphatic rings. The molecule has 1 aromatic rings. The molecule has 0 saturated heterocycles. The SMILES string of the molecule is CCC(C)N(CCOC)C(=O)c1cc(Cl)ncc1Cl. The third kappa shape index (κ3) is 4.34. The Kier molecular flexibility index (Phi) is 6.55. The zero-order valence-corrected chi connectivity index (χ0v) is 12.8. The predicted molar refractivity (Wildman–Crippen MR) is 76.9 cm³/mol. The van der Waals surface area contributed by atoms with Gasteiger partial charge in [0.25, 0.3) is 5.91 Å². The molecule has 19 heavy (non-hydrogen) atoms. The van der Waals surface area contributed by atoms with Crippen LogP contribution in [0.4, 0.5) is 0 Å². The van der Waals surface area contributed by atoms with Crippen molar-refractivity contribution >= 4 is 29.1 Å². The number of rotatable bonds is 6. The lowest BCUT2D eigenvalue weighted by molar-refractivity contribution is 0.0614. The second-order valence-corrected chi connectivity index (χ2v) is 5.03. The largest absolute Gasteiger partial charge is 0.383 e. The van der Waals surface area contributed by atoms with Gasteiger partial charge in [0.2, 0.25) is 0 Å². The molecule has 0 N–H and O–H groups in total. The maximum atomic E-state index is 12.5. The number of carbonyl (C=O) groups excluding carboxylic acids is 1. The monoisotopic (exact) mass is 304 g/mol. The summed E-state index contributed by atoms with van der Waals surface area (Å²) in [5.74, 6) is -0.152. The van der Waals surface area contributed by atoms with E-state index >= 15 is 0 Å². The fraction of sp³-hybridized carbons (Fsp3) is 0.538. The van der Waals surface area contributed by atoms with Gasteiger partial charge in [-0.25, -0.2) is 4.98 Å². The normalized spacial score (nSPS) is 12.3. The van der Waals surface area contributed by atoms with Crippen molar-refractivity contribution in [1.82, 2.24) is 9.88 Å². The summed E-state index contributed by atoms with van der Waals surface area (Å²) in [6.45, 7) is 5.01. The van der Waals surface area contributed by atoms with Gasteiger partial charge in [-0.2, -0.15) is 0 Å². The van der Waals surface area contributed by atoms with E-state index in [1.165, 1.54) is 12.3 Å². The van der Waals surface area contributed by atoms with Crippen LogP contribution in [0.15, 0.2) is 12.3 Å². The van der Waals surface area contributed by atoms with Crippen LogP contribution < -0.4 is 0 Å². The number of hydrogen-bond acceptors (Lipinski definition) is 3. The van der Waals surface area contributed by atoms with Crippen LogP contribution in [0.2, 0.25) is 10.2 Å². The summed E-state index contributed by atoms with van der Waals surface area (Å²) in [7, 11) is 1.61. The minimum absolute atomic E-state index is 0.102. The Hall–Kier alpha value is -0.840. The molecule has 1 amide bonds. The van der Waals surface area contributed by atoms with Gasteiger partial charge < -0.3 is 9.64 Å². The molecule has 0 bridgehead atoms. The van der Waals surface area contributed by atoms with E-state index < -0.39 is 0 Å². The average Bonchev–Trinajstić information content (AvgIpc) is 2.41. The number of hydrogen-bond donors (Lipinski definition) is 0. The molecule has 1 unspecified atom stereocenters. The van der Waals surface area contributed by atoms with E-state index in [2.05, 4.69) is 4.98 Å². The molecule has 106 valence electrons. The van der Waals surface area contributed by atoms with Crippen molar-refractivity contribution < 1.29 is 9.53 Å². The van der Waals surface area contributed by atoms with Crippen LogP contribution in [0.3, 0.4) is 0 Å². The third-order valence-corrected chi connectivity index (χ3v) is 3.48. The van der Waals surface area contributed by atoms with Gasteiger partial charge in [-0.15, -0.1) is 0 Å². The molecule has 6 heteroatoms. The van der Waals surface area contributed by atoms with Gasteiger partial charge in [-0.1, -0.05) is 30.1 Å². The number of pyridine rings is 1. The number of amides is 1. The van der Waals surface area contributed by atoms with Gasteiger partial charge in [-0.05, 0) is 19.4 Å². The maximum absolute atomic E-state index is 12.5. The van der Waals surface area contributed by atoms with Gasteiger partial charge in [0.1, 0.15) is 5.15 Å². The van der Waals surface area contributed by atoms with E-state index in [1.807, 2.05) is 13.8 Å². The van der Waals surface area contributed by atoms with Crippen molar-refractivity contribution in [3.05, 3.63) is 28.0 Å². The molecule has 0 aliphatic heterocycles. The summed E-state index contributed by atoms with van der Waals surface area (Å²) in [4.78, 5) is 18.1. The average molecular weight is 305 g/mol. The topological polar surface area (TPSA) is 42.4 Å². The van der Waals surface area contributed by atoms with Crippen molar-refractivity contribution in [3.8, 4) is 0 Å². The van der Waals surface area contributed by atoms with Crippen LogP contribution >= 0.6 is 23.2 Å². The highest BCUT2D eigenvalue weighted by molar-refractivity contribution is 6.35. The van der Waals surface area contributed by atoms with Crippen LogP contribution in [0.1, 0.15) is 30.6 Å². The molecule has 1 heterocycles. The number of methoxy groups -OCH3 is 1. The van der Waals surface area contributed by atoms with Gasteiger partial charge in [0.05, 0.1) is 17.2 Å². The predicted octanol–water partition coefficient (Wildman–Crippen LogP) is 3.28. The summed E-state index contributed by atoms with van der Waals surface area (Å²) < 4.78 is 5.04. The summed E-state index contributed by atoms with van der Waals surface area (Å²) in [5.41, 5.74) is 0.373. The molecular weight excluding hydrogens is 287 g/mol. The van der Waals surface area contributed by atoms with Crippen LogP contribution in [0, 0.1) is 0 Å². The summed E-state index contributed by atoms with van der Waals surface area (Å²) >= 11 is 11.8. The van der Waals surface area contributed by atoms with Crippen molar-refractivity contribution in [2.45, 2.75) is 26.3 Å². The highest BCUT2D eigenvalue weighted by Crippen LogP contribution is 2.21. The number of aromatic nitrogens is 1. The summed E-state index contributed by atoms with van der Waals surface area (Å²) in [5, 5.41) is 0.559. The maximum Gasteiger partial charge on any atom is 0.255 e. The first-order valence-electron chi connectivity index (χ1n) is 6.12. The Morgan fingerprint density at radius 1 is 1.53 bits per heavy atom. The van der Waals surface area contributed by atoms with Crippen LogP contribution in [-0.2, 0) is 4.74 Å². The summed E-state index contributed by atoms with van der Waals surface area (Å²) in [6.07, 6.45) is 2.24. The fourth-order valence-electron chi connectivity index (χ4n) is 1.66. The van der Waals surface area contributed by atoms with Crippen LogP contribution in [0.5, 0.6) is 0 Å². The number of ether oxygens (including phenoxy) is 1. The quantitative estimate of drug-likeness (QED) is 0.758. The smallest absolute Gasteiger partial charge is 0.255 e. The zero-order chi connectivity index (χ0) is 14.4. The second-order valence-electron chi connectivity index (χ2n) is 4.24. The number of halogens is 2. The van der Waals surface area contributed by atoms with E-state index in [0.717, 1.165) is 6.42 Å². The molecule has 1 atom stereocenters. The minimum atomic E-state index is -0.152. The van der Waals surface area contributed by atoms with Gasteiger partial charge in [-0.3, -0.25) is 4.79 Å². The minimum Gasteiger partial charge on any atom is -0.383 e. The molecule has 0 spiro atoms. The Morgan fingerprint density at radius 2 is 2.21 bits per heavy atom. The third-order valence-electron chi connectivity index (χ3n) is 2.97. The molecule has 0 saturated carbocycles. The number of nitrogens with zero attached hydrogens (tertiary/aromatic N) is 2. The fourth-order valence-corrected chi connectivity index (χ4v) is 2.01. The van der Waals surface area contributed by atoms with E-state index in [9.17, 15) is 4.79 Å². The van der Waals surface area contributed by atoms with Crippen molar-refractivity contribution in [2.24, 2.45) is 0 Å². The molecule has 0 radical (unpaired) electrons. The van der Waals surface area contributed by atoms with E-state index in [0.29, 0.717) is 23.7 Å². The molecule has 1 aromatic heterocycles. The molecule has 0 aliphatic carbocycles. The molecule has 0 fully saturated rings. The van der Waals surface area contributed by atoms with E-state index in [-0.39, 0.29) is 17.1 Å². The molecule has 0 aromatic carbocycles. The Bertz CT molecular complexity index is 441. The first-order valence-corrected chi connectivity index (χ1v) is 6.87. The van der Waals surface area contributed by atoms with Crippen LogP contribution in [0.25, 0.3) is 0 Å². The zero-order valence-electron chi connectivity index (χ0n) is 11.3. The van der Waals surface area contributed by atoms with E-state index in [1.54, 1.807) is 12.0 Å². The highest BCUT2D eigenvalue weighted by Gasteiger charge is 2.22. The first kappa shape index (κ1) is 16.2. The lowest BCUT2D eigenvalue weighted by Gasteiger charge is -2.28. The van der Waals surface area contributed by atoms with Crippen molar-refractivity contribution in [3.63, 3.8) is 0 Å². The Balaban J connectivity index is 3.00. The van der Waals surface area contributed by atoms with Crippen molar-refractivity contribution in [2.75, 3.05) is 20.3 Å². The van der Waals surface area contributed by atoms with Crippen molar-refractivity contribution in [1.29, 1.82) is 0 Å². The lowest BCUT2D eigenvalue weighted by atomic mass is 10.1. The van der Waals surface area contributed by atoms with E-state index in [4.69, 9.17) is 27.9 Å². The van der Waals surface area contributed by atoms with Gasteiger partial charge >= 0.3 is 0 Å². The standard InChI is InChI=1S/C13H18Cl2N2O2/c1-4-9(2)17(5-6-19-3)13(18)10-7-12(15)16-8-11(10)14/h7-9H,4-6H2,1-3H3. The highest BCUT2D eigenvalue weighted by atomic mass is 35.5. The second kappa shape index (κ2) is 7.68. The summed E-state index contributed by atoms with van der Waals surface area (Å²) in [6, 6.07) is 1.60. The van der Waals surface area contributed by atoms with Crippen LogP contribution in [-0.4, -0.2) is 42.1 Å². The lowest BCUT2D eigenvalue weighted by Crippen LogP contribution is -2.40. The first-order chi connectivity index (χ1) is 9.01. The van der Waals surface area contributed by atoms with Gasteiger partial charge in [0, 0.05) is 25.9 Å². The molecule has 1 rings (SSSR count). The molecule has 4 nitrogen and oxygen atoms in total. The Labute approximate surface area is 123 Å². The number of carbonyl (C=O) groups is 1. The molecular formula is C13H18Cl2N2O2. The Morgan fingerprint density at radius 3 is 2.79 bits per heavy atom. The van der Waals surface area contributed by atoms with Gasteiger partial charge in [0.15, 0.2) is 0 Å².